The number of amides is 1. The van der Waals surface area contributed by atoms with Gasteiger partial charge in [-0.3, -0.25) is 9.78 Å². The van der Waals surface area contributed by atoms with E-state index in [1.807, 2.05) is 13.8 Å². The monoisotopic (exact) mass is 368 g/mol. The molecule has 0 atom stereocenters. The molecule has 2 aromatic heterocycles. The Kier molecular flexibility index (Phi) is 5.36. The third-order valence-electron chi connectivity index (χ3n) is 4.47. The maximum atomic E-state index is 12.8. The first kappa shape index (κ1) is 18.8. The van der Waals surface area contributed by atoms with Crippen LogP contribution in [-0.4, -0.2) is 45.4 Å². The Hall–Kier alpha value is -3.00. The van der Waals surface area contributed by atoms with Gasteiger partial charge in [-0.2, -0.15) is 0 Å². The molecule has 8 heteroatoms. The number of nitrogens with zero attached hydrogens (tertiary/aromatic N) is 2. The van der Waals surface area contributed by atoms with E-state index in [2.05, 4.69) is 20.6 Å². The second kappa shape index (κ2) is 7.71. The average Bonchev–Trinajstić information content (AvgIpc) is 2.61. The van der Waals surface area contributed by atoms with Crippen molar-refractivity contribution in [1.29, 1.82) is 5.41 Å². The SMILES string of the molecule is CC(C)Nc1c(C(=O)N[C@H]2C[C@H](O)C2)cnc2ccc(/C(C=N)=C/N)nc12. The molecule has 1 amide bonds. The fourth-order valence-electron chi connectivity index (χ4n) is 3.01. The molecule has 142 valence electrons. The molecule has 0 saturated heterocycles. The van der Waals surface area contributed by atoms with E-state index in [-0.39, 0.29) is 24.1 Å². The molecule has 1 fully saturated rings. The molecule has 0 unspecified atom stereocenters. The van der Waals surface area contributed by atoms with Gasteiger partial charge in [0, 0.05) is 36.3 Å². The van der Waals surface area contributed by atoms with Gasteiger partial charge in [-0.05, 0) is 38.8 Å². The molecule has 0 aliphatic heterocycles. The predicted octanol–water partition coefficient (Wildman–Crippen LogP) is 1.65. The van der Waals surface area contributed by atoms with E-state index in [1.54, 1.807) is 12.1 Å². The van der Waals surface area contributed by atoms with Crippen LogP contribution in [0.2, 0.25) is 0 Å². The first-order chi connectivity index (χ1) is 12.9. The highest BCUT2D eigenvalue weighted by atomic mass is 16.3. The van der Waals surface area contributed by atoms with Crippen LogP contribution in [0, 0.1) is 5.41 Å². The van der Waals surface area contributed by atoms with E-state index in [1.165, 1.54) is 12.4 Å². The van der Waals surface area contributed by atoms with Gasteiger partial charge in [0.1, 0.15) is 5.52 Å². The lowest BCUT2D eigenvalue weighted by molar-refractivity contribution is 0.0563. The molecule has 0 bridgehead atoms. The molecule has 0 radical (unpaired) electrons. The first-order valence-corrected chi connectivity index (χ1v) is 8.91. The summed E-state index contributed by atoms with van der Waals surface area (Å²) in [7, 11) is 0. The van der Waals surface area contributed by atoms with Gasteiger partial charge in [-0.1, -0.05) is 0 Å². The van der Waals surface area contributed by atoms with Crippen LogP contribution in [0.1, 0.15) is 42.7 Å². The first-order valence-electron chi connectivity index (χ1n) is 8.91. The lowest BCUT2D eigenvalue weighted by Crippen LogP contribution is -2.46. The summed E-state index contributed by atoms with van der Waals surface area (Å²) >= 11 is 0. The summed E-state index contributed by atoms with van der Waals surface area (Å²) in [5, 5.41) is 23.1. The van der Waals surface area contributed by atoms with Crippen LogP contribution in [0.25, 0.3) is 16.6 Å². The van der Waals surface area contributed by atoms with E-state index in [0.29, 0.717) is 46.4 Å². The number of carbonyl (C=O) groups excluding carboxylic acids is 1. The Morgan fingerprint density at radius 3 is 2.74 bits per heavy atom. The van der Waals surface area contributed by atoms with Crippen molar-refractivity contribution in [3.8, 4) is 0 Å². The molecule has 0 spiro atoms. The van der Waals surface area contributed by atoms with E-state index in [9.17, 15) is 9.90 Å². The highest BCUT2D eigenvalue weighted by Gasteiger charge is 2.29. The topological polar surface area (TPSA) is 137 Å². The van der Waals surface area contributed by atoms with Gasteiger partial charge in [0.25, 0.3) is 5.91 Å². The van der Waals surface area contributed by atoms with E-state index in [4.69, 9.17) is 11.1 Å². The van der Waals surface area contributed by atoms with Crippen LogP contribution in [0.5, 0.6) is 0 Å². The third-order valence-corrected chi connectivity index (χ3v) is 4.47. The molecule has 1 aliphatic rings. The summed E-state index contributed by atoms with van der Waals surface area (Å²) in [6, 6.07) is 3.58. The van der Waals surface area contributed by atoms with Gasteiger partial charge >= 0.3 is 0 Å². The summed E-state index contributed by atoms with van der Waals surface area (Å²) in [4.78, 5) is 21.7. The molecule has 2 heterocycles. The van der Waals surface area contributed by atoms with E-state index in [0.717, 1.165) is 6.21 Å². The molecular formula is C19H24N6O2. The second-order valence-electron chi connectivity index (χ2n) is 6.97. The summed E-state index contributed by atoms with van der Waals surface area (Å²) < 4.78 is 0. The van der Waals surface area contributed by atoms with E-state index >= 15 is 0 Å². The second-order valence-corrected chi connectivity index (χ2v) is 6.97. The summed E-state index contributed by atoms with van der Waals surface area (Å²) in [6.07, 6.45) is 4.77. The van der Waals surface area contributed by atoms with E-state index < -0.39 is 0 Å². The van der Waals surface area contributed by atoms with Crippen molar-refractivity contribution in [3.05, 3.63) is 35.8 Å². The van der Waals surface area contributed by atoms with Gasteiger partial charge in [0.05, 0.1) is 28.6 Å². The zero-order chi connectivity index (χ0) is 19.6. The fourth-order valence-corrected chi connectivity index (χ4v) is 3.01. The number of aromatic nitrogens is 2. The van der Waals surface area contributed by atoms with Gasteiger partial charge < -0.3 is 26.9 Å². The van der Waals surface area contributed by atoms with Crippen molar-refractivity contribution >= 4 is 34.4 Å². The number of hydrogen-bond donors (Lipinski definition) is 5. The van der Waals surface area contributed by atoms with Crippen LogP contribution in [-0.2, 0) is 0 Å². The zero-order valence-corrected chi connectivity index (χ0v) is 15.4. The largest absolute Gasteiger partial charge is 0.404 e. The number of pyridine rings is 2. The molecular weight excluding hydrogens is 344 g/mol. The minimum absolute atomic E-state index is 0.0286. The summed E-state index contributed by atoms with van der Waals surface area (Å²) in [5.41, 5.74) is 8.76. The predicted molar refractivity (Wildman–Crippen MR) is 106 cm³/mol. The molecule has 1 aliphatic carbocycles. The number of nitrogens with two attached hydrogens (primary N) is 1. The van der Waals surface area contributed by atoms with Crippen molar-refractivity contribution in [2.45, 2.75) is 44.9 Å². The minimum atomic E-state index is -0.342. The Morgan fingerprint density at radius 1 is 1.41 bits per heavy atom. The highest BCUT2D eigenvalue weighted by Crippen LogP contribution is 2.28. The van der Waals surface area contributed by atoms with Crippen LogP contribution < -0.4 is 16.4 Å². The molecule has 1 saturated carbocycles. The molecule has 2 aromatic rings. The maximum absolute atomic E-state index is 12.8. The number of carbonyl (C=O) groups is 1. The number of rotatable bonds is 6. The third kappa shape index (κ3) is 3.90. The Labute approximate surface area is 157 Å². The lowest BCUT2D eigenvalue weighted by Gasteiger charge is -2.32. The smallest absolute Gasteiger partial charge is 0.255 e. The molecule has 27 heavy (non-hydrogen) atoms. The number of allylic oxidation sites excluding steroid dienone is 1. The number of nitrogens with one attached hydrogen (secondary N) is 3. The fraction of sp³-hybridized carbons (Fsp3) is 0.368. The molecule has 0 aromatic carbocycles. The van der Waals surface area contributed by atoms with Crippen LogP contribution >= 0.6 is 0 Å². The normalized spacial score (nSPS) is 19.6. The van der Waals surface area contributed by atoms with Crippen molar-refractivity contribution in [1.82, 2.24) is 15.3 Å². The number of aliphatic hydroxyl groups is 1. The summed E-state index contributed by atoms with van der Waals surface area (Å²) in [5.74, 6) is -0.252. The van der Waals surface area contributed by atoms with Gasteiger partial charge in [-0.25, -0.2) is 4.98 Å². The number of fused-ring (bicyclic) bond motifs is 1. The van der Waals surface area contributed by atoms with Gasteiger partial charge in [0.2, 0.25) is 0 Å². The molecule has 8 nitrogen and oxygen atoms in total. The van der Waals surface area contributed by atoms with Crippen molar-refractivity contribution in [3.63, 3.8) is 0 Å². The molecule has 6 N–H and O–H groups in total. The van der Waals surface area contributed by atoms with Crippen molar-refractivity contribution in [2.75, 3.05) is 5.32 Å². The number of aliphatic hydroxyl groups excluding tert-OH is 1. The maximum Gasteiger partial charge on any atom is 0.255 e. The van der Waals surface area contributed by atoms with Crippen LogP contribution in [0.15, 0.2) is 24.5 Å². The van der Waals surface area contributed by atoms with Gasteiger partial charge in [0.15, 0.2) is 0 Å². The Morgan fingerprint density at radius 2 is 2.15 bits per heavy atom. The van der Waals surface area contributed by atoms with Crippen LogP contribution in [0.3, 0.4) is 0 Å². The van der Waals surface area contributed by atoms with Crippen molar-refractivity contribution < 1.29 is 9.90 Å². The zero-order valence-electron chi connectivity index (χ0n) is 15.4. The Balaban J connectivity index is 2.06. The highest BCUT2D eigenvalue weighted by molar-refractivity contribution is 6.09. The van der Waals surface area contributed by atoms with Gasteiger partial charge in [-0.15, -0.1) is 0 Å². The Bertz CT molecular complexity index is 902. The standard InChI is InChI=1S/C19H24N6O2/c1-10(2)23-17-14(19(27)24-12-5-13(26)6-12)9-22-16-4-3-15(25-18(16)17)11(7-20)8-21/h3-4,7-10,12-13,20,26H,5-6,21H2,1-2H3,(H,22,23)(H,24,27)/b11-8+,20-7?/t12-,13-. The number of anilines is 1. The minimum Gasteiger partial charge on any atom is -0.404 e. The van der Waals surface area contributed by atoms with Crippen LogP contribution in [0.4, 0.5) is 5.69 Å². The number of hydrogen-bond acceptors (Lipinski definition) is 7. The molecule has 3 rings (SSSR count). The average molecular weight is 368 g/mol. The van der Waals surface area contributed by atoms with Crippen molar-refractivity contribution in [2.24, 2.45) is 5.73 Å². The quantitative estimate of drug-likeness (QED) is 0.492. The lowest BCUT2D eigenvalue weighted by atomic mass is 9.89. The summed E-state index contributed by atoms with van der Waals surface area (Å²) in [6.45, 7) is 3.95.